The van der Waals surface area contributed by atoms with Crippen LogP contribution in [0.5, 0.6) is 0 Å². The van der Waals surface area contributed by atoms with Gasteiger partial charge in [-0.25, -0.2) is 0 Å². The minimum atomic E-state index is 0.651. The predicted octanol–water partition coefficient (Wildman–Crippen LogP) is 2.13. The van der Waals surface area contributed by atoms with Crippen molar-refractivity contribution in [3.05, 3.63) is 0 Å². The summed E-state index contributed by atoms with van der Waals surface area (Å²) in [6.45, 7) is 8.90. The van der Waals surface area contributed by atoms with Gasteiger partial charge in [0, 0.05) is 12.5 Å². The van der Waals surface area contributed by atoms with E-state index in [2.05, 4.69) is 31.6 Å². The third-order valence-electron chi connectivity index (χ3n) is 1.90. The van der Waals surface area contributed by atoms with Crippen LogP contribution in [0.4, 0.5) is 0 Å². The van der Waals surface area contributed by atoms with E-state index in [0.29, 0.717) is 6.04 Å². The van der Waals surface area contributed by atoms with Gasteiger partial charge in [0.25, 0.3) is 0 Å². The van der Waals surface area contributed by atoms with Crippen LogP contribution in [0.2, 0.25) is 0 Å². The molecule has 0 aromatic carbocycles. The molecule has 64 valence electrons. The first-order valence-electron chi connectivity index (χ1n) is 4.39. The molecular formula is C10H19N. The van der Waals surface area contributed by atoms with Crippen LogP contribution >= 0.6 is 0 Å². The van der Waals surface area contributed by atoms with Gasteiger partial charge in [0.15, 0.2) is 0 Å². The smallest absolute Gasteiger partial charge is 0.00982 e. The van der Waals surface area contributed by atoms with E-state index in [1.54, 1.807) is 0 Å². The van der Waals surface area contributed by atoms with E-state index in [0.717, 1.165) is 25.9 Å². The fraction of sp³-hybridized carbons (Fsp3) is 0.800. The van der Waals surface area contributed by atoms with Crippen molar-refractivity contribution < 1.29 is 0 Å². The Morgan fingerprint density at radius 3 is 2.45 bits per heavy atom. The fourth-order valence-corrected chi connectivity index (χ4v) is 1.17. The lowest BCUT2D eigenvalue weighted by molar-refractivity contribution is 0.232. The highest BCUT2D eigenvalue weighted by atomic mass is 15.1. The van der Waals surface area contributed by atoms with Crippen molar-refractivity contribution >= 4 is 0 Å². The van der Waals surface area contributed by atoms with Crippen LogP contribution in [-0.2, 0) is 0 Å². The van der Waals surface area contributed by atoms with Crippen LogP contribution in [0, 0.1) is 12.3 Å². The van der Waals surface area contributed by atoms with Crippen molar-refractivity contribution in [2.45, 2.75) is 39.7 Å². The monoisotopic (exact) mass is 153 g/mol. The topological polar surface area (TPSA) is 3.24 Å². The Labute approximate surface area is 70.8 Å². The summed E-state index contributed by atoms with van der Waals surface area (Å²) in [5.41, 5.74) is 0. The zero-order valence-corrected chi connectivity index (χ0v) is 7.93. The number of terminal acetylenes is 1. The minimum absolute atomic E-state index is 0.651. The van der Waals surface area contributed by atoms with Gasteiger partial charge in [0.2, 0.25) is 0 Å². The number of hydrogen-bond acceptors (Lipinski definition) is 1. The van der Waals surface area contributed by atoms with Gasteiger partial charge < -0.3 is 4.90 Å². The Bertz CT molecular complexity index is 121. The molecule has 0 aliphatic carbocycles. The molecule has 0 aliphatic rings. The summed E-state index contributed by atoms with van der Waals surface area (Å²) >= 11 is 0. The molecule has 0 rings (SSSR count). The number of unbranched alkanes of at least 4 members (excludes halogenated alkanes) is 1. The SMILES string of the molecule is C#CCCCN(CC)C(C)C. The summed E-state index contributed by atoms with van der Waals surface area (Å²) < 4.78 is 0. The molecule has 1 nitrogen and oxygen atoms in total. The van der Waals surface area contributed by atoms with E-state index < -0.39 is 0 Å². The molecule has 0 fully saturated rings. The Morgan fingerprint density at radius 2 is 2.09 bits per heavy atom. The van der Waals surface area contributed by atoms with E-state index in [9.17, 15) is 0 Å². The van der Waals surface area contributed by atoms with Crippen LogP contribution < -0.4 is 0 Å². The normalized spacial score (nSPS) is 10.5. The lowest BCUT2D eigenvalue weighted by Gasteiger charge is -2.23. The average molecular weight is 153 g/mol. The fourth-order valence-electron chi connectivity index (χ4n) is 1.17. The molecule has 0 aromatic heterocycles. The standard InChI is InChI=1S/C10H19N/c1-5-7-8-9-11(6-2)10(3)4/h1,10H,6-9H2,2-4H3. The molecule has 11 heavy (non-hydrogen) atoms. The Hall–Kier alpha value is -0.480. The Morgan fingerprint density at radius 1 is 1.45 bits per heavy atom. The first-order chi connectivity index (χ1) is 5.22. The van der Waals surface area contributed by atoms with Gasteiger partial charge >= 0.3 is 0 Å². The van der Waals surface area contributed by atoms with Crippen LogP contribution in [0.25, 0.3) is 0 Å². The maximum absolute atomic E-state index is 5.16. The molecule has 0 aromatic rings. The van der Waals surface area contributed by atoms with Crippen molar-refractivity contribution in [1.29, 1.82) is 0 Å². The van der Waals surface area contributed by atoms with E-state index in [4.69, 9.17) is 6.42 Å². The largest absolute Gasteiger partial charge is 0.301 e. The van der Waals surface area contributed by atoms with Gasteiger partial charge in [-0.05, 0) is 33.4 Å². The van der Waals surface area contributed by atoms with Gasteiger partial charge in [-0.3, -0.25) is 0 Å². The van der Waals surface area contributed by atoms with Crippen molar-refractivity contribution in [1.82, 2.24) is 4.90 Å². The number of rotatable bonds is 5. The van der Waals surface area contributed by atoms with Crippen LogP contribution in [-0.4, -0.2) is 24.0 Å². The van der Waals surface area contributed by atoms with Gasteiger partial charge in [0.05, 0.1) is 0 Å². The first-order valence-corrected chi connectivity index (χ1v) is 4.39. The van der Waals surface area contributed by atoms with Crippen molar-refractivity contribution in [2.75, 3.05) is 13.1 Å². The van der Waals surface area contributed by atoms with Crippen molar-refractivity contribution in [3.8, 4) is 12.3 Å². The van der Waals surface area contributed by atoms with Crippen LogP contribution in [0.1, 0.15) is 33.6 Å². The van der Waals surface area contributed by atoms with Gasteiger partial charge in [-0.1, -0.05) is 6.92 Å². The minimum Gasteiger partial charge on any atom is -0.301 e. The molecule has 0 bridgehead atoms. The highest BCUT2D eigenvalue weighted by molar-refractivity contribution is 4.83. The summed E-state index contributed by atoms with van der Waals surface area (Å²) in [5, 5.41) is 0. The number of nitrogens with zero attached hydrogens (tertiary/aromatic N) is 1. The third kappa shape index (κ3) is 4.86. The summed E-state index contributed by atoms with van der Waals surface area (Å²) in [4.78, 5) is 2.43. The van der Waals surface area contributed by atoms with Gasteiger partial charge in [0.1, 0.15) is 0 Å². The predicted molar refractivity (Wildman–Crippen MR) is 50.5 cm³/mol. The third-order valence-corrected chi connectivity index (χ3v) is 1.90. The molecule has 0 N–H and O–H groups in total. The second-order valence-corrected chi connectivity index (χ2v) is 3.03. The molecular weight excluding hydrogens is 134 g/mol. The zero-order valence-electron chi connectivity index (χ0n) is 7.93. The maximum Gasteiger partial charge on any atom is 0.00982 e. The van der Waals surface area contributed by atoms with E-state index >= 15 is 0 Å². The highest BCUT2D eigenvalue weighted by Crippen LogP contribution is 1.99. The molecule has 0 aliphatic heterocycles. The first kappa shape index (κ1) is 10.5. The van der Waals surface area contributed by atoms with Gasteiger partial charge in [-0.2, -0.15) is 0 Å². The summed E-state index contributed by atoms with van der Waals surface area (Å²) in [6.07, 6.45) is 7.20. The summed E-state index contributed by atoms with van der Waals surface area (Å²) in [5.74, 6) is 2.66. The summed E-state index contributed by atoms with van der Waals surface area (Å²) in [6, 6.07) is 0.651. The molecule has 1 heteroatoms. The molecule has 0 atom stereocenters. The second-order valence-electron chi connectivity index (χ2n) is 3.03. The van der Waals surface area contributed by atoms with Crippen molar-refractivity contribution in [3.63, 3.8) is 0 Å². The van der Waals surface area contributed by atoms with Crippen LogP contribution in [0.3, 0.4) is 0 Å². The van der Waals surface area contributed by atoms with E-state index in [1.807, 2.05) is 0 Å². The number of hydrogen-bond donors (Lipinski definition) is 0. The van der Waals surface area contributed by atoms with E-state index in [1.165, 1.54) is 0 Å². The molecule has 0 spiro atoms. The molecule has 0 unspecified atom stereocenters. The summed E-state index contributed by atoms with van der Waals surface area (Å²) in [7, 11) is 0. The van der Waals surface area contributed by atoms with Gasteiger partial charge in [-0.15, -0.1) is 12.3 Å². The Balaban J connectivity index is 3.46. The lowest BCUT2D eigenvalue weighted by atomic mass is 10.2. The molecule has 0 radical (unpaired) electrons. The molecule has 0 saturated carbocycles. The van der Waals surface area contributed by atoms with Crippen LogP contribution in [0.15, 0.2) is 0 Å². The Kier molecular flexibility index (Phi) is 5.97. The second kappa shape index (κ2) is 6.24. The lowest BCUT2D eigenvalue weighted by Crippen LogP contribution is -2.31. The highest BCUT2D eigenvalue weighted by Gasteiger charge is 2.04. The molecule has 0 heterocycles. The molecule has 0 amide bonds. The van der Waals surface area contributed by atoms with Crippen molar-refractivity contribution in [2.24, 2.45) is 0 Å². The average Bonchev–Trinajstić information content (AvgIpc) is 1.97. The maximum atomic E-state index is 5.16. The van der Waals surface area contributed by atoms with E-state index in [-0.39, 0.29) is 0 Å². The zero-order chi connectivity index (χ0) is 8.69. The molecule has 0 saturated heterocycles. The quantitative estimate of drug-likeness (QED) is 0.432.